The first kappa shape index (κ1) is 31.4. The topological polar surface area (TPSA) is 119 Å². The molecular formula is C29H26Cl2N2O7S2. The van der Waals surface area contributed by atoms with Gasteiger partial charge < -0.3 is 14.8 Å². The molecule has 1 saturated heterocycles. The monoisotopic (exact) mass is 648 g/mol. The van der Waals surface area contributed by atoms with Crippen molar-refractivity contribution in [1.82, 2.24) is 10.2 Å². The molecule has 1 N–H and O–H groups in total. The first-order chi connectivity index (χ1) is 20.1. The Hall–Kier alpha value is -3.51. The van der Waals surface area contributed by atoms with E-state index < -0.39 is 43.8 Å². The highest BCUT2D eigenvalue weighted by atomic mass is 35.5. The van der Waals surface area contributed by atoms with Crippen molar-refractivity contribution in [2.75, 3.05) is 13.0 Å². The fourth-order valence-electron chi connectivity index (χ4n) is 4.05. The van der Waals surface area contributed by atoms with E-state index in [1.165, 1.54) is 19.2 Å². The van der Waals surface area contributed by atoms with E-state index in [0.29, 0.717) is 27.7 Å². The number of esters is 1. The maximum Gasteiger partial charge on any atom is 0.356 e. The quantitative estimate of drug-likeness (QED) is 0.101. The second-order valence-electron chi connectivity index (χ2n) is 8.98. The summed E-state index contributed by atoms with van der Waals surface area (Å²) in [5.74, 6) is -1.97. The molecule has 220 valence electrons. The summed E-state index contributed by atoms with van der Waals surface area (Å²) in [5, 5.41) is 1.14. The molecule has 0 bridgehead atoms. The highest BCUT2D eigenvalue weighted by Gasteiger charge is 2.54. The molecule has 0 spiro atoms. The summed E-state index contributed by atoms with van der Waals surface area (Å²) in [6.45, 7) is -0.168. The lowest BCUT2D eigenvalue weighted by atomic mass is 10.0. The average molecular weight is 650 g/mol. The number of nitrogens with zero attached hydrogens (tertiary/aromatic N) is 1. The number of amides is 2. The third-order valence-corrected chi connectivity index (χ3v) is 10.6. The highest BCUT2D eigenvalue weighted by molar-refractivity contribution is 8.72. The summed E-state index contributed by atoms with van der Waals surface area (Å²) in [7, 11) is -2.12. The molecule has 2 atom stereocenters. The molecule has 1 aliphatic rings. The maximum atomic E-state index is 13.4. The van der Waals surface area contributed by atoms with E-state index in [4.69, 9.17) is 32.7 Å². The first-order valence-corrected chi connectivity index (χ1v) is 16.3. The molecule has 42 heavy (non-hydrogen) atoms. The van der Waals surface area contributed by atoms with Gasteiger partial charge >= 0.3 is 5.97 Å². The van der Waals surface area contributed by atoms with E-state index in [-0.39, 0.29) is 28.8 Å². The number of halogens is 2. The van der Waals surface area contributed by atoms with E-state index in [0.717, 1.165) is 4.90 Å². The van der Waals surface area contributed by atoms with Crippen molar-refractivity contribution in [2.24, 2.45) is 0 Å². The zero-order valence-electron chi connectivity index (χ0n) is 22.2. The molecule has 0 saturated carbocycles. The van der Waals surface area contributed by atoms with Crippen molar-refractivity contribution in [1.29, 1.82) is 0 Å². The van der Waals surface area contributed by atoms with Crippen molar-refractivity contribution in [3.05, 3.63) is 107 Å². The summed E-state index contributed by atoms with van der Waals surface area (Å²) in [4.78, 5) is 40.5. The number of rotatable bonds is 12. The van der Waals surface area contributed by atoms with Crippen LogP contribution in [0, 0.1) is 0 Å². The van der Waals surface area contributed by atoms with Crippen molar-refractivity contribution in [3.63, 3.8) is 0 Å². The Morgan fingerprint density at radius 3 is 2.17 bits per heavy atom. The lowest BCUT2D eigenvalue weighted by molar-refractivity contribution is -0.153. The number of methoxy groups -OCH3 is 1. The van der Waals surface area contributed by atoms with Gasteiger partial charge in [-0.05, 0) is 35.4 Å². The zero-order valence-corrected chi connectivity index (χ0v) is 25.4. The number of benzene rings is 3. The van der Waals surface area contributed by atoms with Gasteiger partial charge in [0, 0.05) is 10.8 Å². The number of ether oxygens (including phenoxy) is 2. The molecule has 2 unspecified atom stereocenters. The van der Waals surface area contributed by atoms with Gasteiger partial charge in [0.1, 0.15) is 29.5 Å². The number of hydrogen-bond donors (Lipinski definition) is 1. The highest BCUT2D eigenvalue weighted by Crippen LogP contribution is 2.41. The average Bonchev–Trinajstić information content (AvgIpc) is 3.01. The Labute approximate surface area is 257 Å². The summed E-state index contributed by atoms with van der Waals surface area (Å²) < 4.78 is 37.2. The standard InChI is InChI=1S/C29H26Cl2N2O7S2/c1-39-21-14-12-20(13-15-21)18-40-29(36)26(23(31)17-30)33-27(35)25(32-24(34)16-19-8-4-2-5-9-19)28(33)41-42(37,38)22-10-6-3-7-11-22/h2-15,25,28H,16-18H2,1H3,(H,32,34)/b26-23+. The van der Waals surface area contributed by atoms with Crippen molar-refractivity contribution in [2.45, 2.75) is 29.3 Å². The van der Waals surface area contributed by atoms with E-state index in [9.17, 15) is 22.8 Å². The number of carbonyl (C=O) groups excluding carboxylic acids is 3. The predicted molar refractivity (Wildman–Crippen MR) is 160 cm³/mol. The third-order valence-electron chi connectivity index (χ3n) is 6.16. The Morgan fingerprint density at radius 1 is 0.952 bits per heavy atom. The van der Waals surface area contributed by atoms with E-state index in [1.54, 1.807) is 72.8 Å². The first-order valence-electron chi connectivity index (χ1n) is 12.5. The number of likely N-dealkylation sites (tertiary alicyclic amines) is 1. The molecule has 3 aromatic rings. The summed E-state index contributed by atoms with van der Waals surface area (Å²) >= 11 is 12.3. The largest absolute Gasteiger partial charge is 0.497 e. The van der Waals surface area contributed by atoms with Crippen LogP contribution in [0.2, 0.25) is 0 Å². The lowest BCUT2D eigenvalue weighted by Crippen LogP contribution is -2.69. The zero-order chi connectivity index (χ0) is 30.3. The molecule has 0 radical (unpaired) electrons. The van der Waals surface area contributed by atoms with Crippen LogP contribution in [0.4, 0.5) is 0 Å². The number of allylic oxidation sites excluding steroid dienone is 1. The summed E-state index contributed by atoms with van der Waals surface area (Å²) in [6, 6.07) is 21.9. The van der Waals surface area contributed by atoms with Crippen molar-refractivity contribution >= 4 is 60.6 Å². The van der Waals surface area contributed by atoms with E-state index in [2.05, 4.69) is 5.32 Å². The smallest absolute Gasteiger partial charge is 0.356 e. The van der Waals surface area contributed by atoms with Crippen LogP contribution in [0.25, 0.3) is 0 Å². The fourth-order valence-corrected chi connectivity index (χ4v) is 7.84. The number of alkyl halides is 1. The van der Waals surface area contributed by atoms with Crippen LogP contribution in [0.15, 0.2) is 101 Å². The van der Waals surface area contributed by atoms with Gasteiger partial charge in [0.05, 0.1) is 29.3 Å². The maximum absolute atomic E-state index is 13.4. The Bertz CT molecular complexity index is 1570. The summed E-state index contributed by atoms with van der Waals surface area (Å²) in [5.41, 5.74) is 0.927. The minimum atomic E-state index is -4.05. The van der Waals surface area contributed by atoms with Gasteiger partial charge in [-0.1, -0.05) is 72.3 Å². The minimum absolute atomic E-state index is 0.0142. The minimum Gasteiger partial charge on any atom is -0.497 e. The SMILES string of the molecule is COc1ccc(COC(=O)/C(=C(\Cl)CCl)N2C(=O)C(NC(=O)Cc3ccccc3)C2SS(=O)(=O)c2ccccc2)cc1. The second-order valence-corrected chi connectivity index (χ2v) is 13.7. The molecule has 3 aromatic carbocycles. The van der Waals surface area contributed by atoms with Crippen LogP contribution in [-0.2, 0) is 41.0 Å². The lowest BCUT2D eigenvalue weighted by Gasteiger charge is -2.46. The Morgan fingerprint density at radius 2 is 1.57 bits per heavy atom. The van der Waals surface area contributed by atoms with Gasteiger partial charge in [0.15, 0.2) is 0 Å². The molecule has 1 heterocycles. The summed E-state index contributed by atoms with van der Waals surface area (Å²) in [6.07, 6.45) is -0.0392. The van der Waals surface area contributed by atoms with Gasteiger partial charge in [-0.2, -0.15) is 0 Å². The van der Waals surface area contributed by atoms with Crippen molar-refractivity contribution < 1.29 is 32.3 Å². The molecule has 9 nitrogen and oxygen atoms in total. The number of β-lactam (4-membered cyclic amide) rings is 1. The molecule has 2 amide bonds. The Balaban J connectivity index is 1.60. The van der Waals surface area contributed by atoms with Gasteiger partial charge in [0.25, 0.3) is 5.91 Å². The van der Waals surface area contributed by atoms with Crippen LogP contribution < -0.4 is 10.1 Å². The third kappa shape index (κ3) is 7.46. The molecule has 4 rings (SSSR count). The molecule has 1 fully saturated rings. The molecule has 13 heteroatoms. The van der Waals surface area contributed by atoms with Crippen LogP contribution in [0.5, 0.6) is 5.75 Å². The molecule has 0 aromatic heterocycles. The van der Waals surface area contributed by atoms with Gasteiger partial charge in [-0.25, -0.2) is 13.2 Å². The number of carbonyl (C=O) groups is 3. The van der Waals surface area contributed by atoms with E-state index >= 15 is 0 Å². The second kappa shape index (κ2) is 14.1. The Kier molecular flexibility index (Phi) is 10.6. The molecule has 0 aliphatic carbocycles. The van der Waals surface area contributed by atoms with Crippen LogP contribution in [0.3, 0.4) is 0 Å². The van der Waals surface area contributed by atoms with Gasteiger partial charge in [-0.3, -0.25) is 14.5 Å². The van der Waals surface area contributed by atoms with Crippen LogP contribution in [-0.4, -0.2) is 55.5 Å². The number of hydrogen-bond acceptors (Lipinski definition) is 8. The number of nitrogens with one attached hydrogen (secondary N) is 1. The molecule has 1 aliphatic heterocycles. The van der Waals surface area contributed by atoms with Gasteiger partial charge in [-0.15, -0.1) is 11.6 Å². The molecular weight excluding hydrogens is 623 g/mol. The van der Waals surface area contributed by atoms with Crippen molar-refractivity contribution in [3.8, 4) is 5.75 Å². The van der Waals surface area contributed by atoms with E-state index in [1.807, 2.05) is 0 Å². The fraction of sp³-hybridized carbons (Fsp3) is 0.207. The van der Waals surface area contributed by atoms with Crippen LogP contribution >= 0.6 is 34.0 Å². The predicted octanol–water partition coefficient (Wildman–Crippen LogP) is 4.45. The normalized spacial score (nSPS) is 17.1. The van der Waals surface area contributed by atoms with Gasteiger partial charge in [0.2, 0.25) is 14.8 Å². The van der Waals surface area contributed by atoms with Crippen LogP contribution in [0.1, 0.15) is 11.1 Å².